The highest BCUT2D eigenvalue weighted by molar-refractivity contribution is 7.89. The molecule has 0 aliphatic carbocycles. The molecule has 1 amide bonds. The number of sulfonamides is 1. The van der Waals surface area contributed by atoms with Crippen molar-refractivity contribution in [1.82, 2.24) is 29.6 Å². The SMILES string of the molecule is CC(C)CC(Nc1nc(-c2cc(-c3ccon3)n(Cc3ccccc3F)n2)ncc1F)C(=O)NS(C)(=O)=O. The van der Waals surface area contributed by atoms with Gasteiger partial charge in [0.15, 0.2) is 17.5 Å². The van der Waals surface area contributed by atoms with E-state index in [4.69, 9.17) is 4.52 Å². The monoisotopic (exact) mass is 545 g/mol. The van der Waals surface area contributed by atoms with Gasteiger partial charge in [0.2, 0.25) is 10.0 Å². The Kier molecular flexibility index (Phi) is 7.80. The second-order valence-corrected chi connectivity index (χ2v) is 10.8. The Morgan fingerprint density at radius 3 is 2.55 bits per heavy atom. The van der Waals surface area contributed by atoms with Gasteiger partial charge in [0, 0.05) is 11.6 Å². The minimum absolute atomic E-state index is 0.0118. The van der Waals surface area contributed by atoms with Crippen molar-refractivity contribution >= 4 is 21.7 Å². The van der Waals surface area contributed by atoms with Crippen LogP contribution in [0.2, 0.25) is 0 Å². The Labute approximate surface area is 217 Å². The first-order valence-corrected chi connectivity index (χ1v) is 13.4. The molecule has 11 nitrogen and oxygen atoms in total. The fraction of sp³-hybridized carbons (Fsp3) is 0.292. The molecule has 0 bridgehead atoms. The summed E-state index contributed by atoms with van der Waals surface area (Å²) in [6.07, 6.45) is 3.35. The van der Waals surface area contributed by atoms with Crippen LogP contribution in [0.3, 0.4) is 0 Å². The molecule has 38 heavy (non-hydrogen) atoms. The molecule has 4 aromatic rings. The third kappa shape index (κ3) is 6.56. The van der Waals surface area contributed by atoms with Crippen LogP contribution in [0.1, 0.15) is 25.8 Å². The molecule has 4 rings (SSSR count). The smallest absolute Gasteiger partial charge is 0.255 e. The summed E-state index contributed by atoms with van der Waals surface area (Å²) in [5, 5.41) is 11.1. The number of aromatic nitrogens is 5. The van der Waals surface area contributed by atoms with Crippen LogP contribution in [-0.4, -0.2) is 51.5 Å². The van der Waals surface area contributed by atoms with Gasteiger partial charge in [-0.3, -0.25) is 14.2 Å². The minimum Gasteiger partial charge on any atom is -0.364 e. The zero-order valence-electron chi connectivity index (χ0n) is 20.7. The van der Waals surface area contributed by atoms with E-state index in [1.165, 1.54) is 17.0 Å². The number of anilines is 1. The van der Waals surface area contributed by atoms with Gasteiger partial charge in [-0.05, 0) is 24.5 Å². The molecule has 1 unspecified atom stereocenters. The molecule has 0 spiro atoms. The van der Waals surface area contributed by atoms with Crippen molar-refractivity contribution in [3.8, 4) is 22.9 Å². The summed E-state index contributed by atoms with van der Waals surface area (Å²) in [6.45, 7) is 3.72. The maximum atomic E-state index is 14.7. The van der Waals surface area contributed by atoms with Crippen molar-refractivity contribution < 1.29 is 26.5 Å². The summed E-state index contributed by atoms with van der Waals surface area (Å²) in [6, 6.07) is 8.35. The number of amides is 1. The third-order valence-corrected chi connectivity index (χ3v) is 5.92. The number of nitrogens with one attached hydrogen (secondary N) is 2. The summed E-state index contributed by atoms with van der Waals surface area (Å²) >= 11 is 0. The lowest BCUT2D eigenvalue weighted by Crippen LogP contribution is -2.43. The van der Waals surface area contributed by atoms with Crippen molar-refractivity contribution in [1.29, 1.82) is 0 Å². The number of carbonyl (C=O) groups excluding carboxylic acids is 1. The molecular weight excluding hydrogens is 520 g/mol. The Balaban J connectivity index is 1.69. The van der Waals surface area contributed by atoms with Crippen LogP contribution in [0.15, 0.2) is 53.4 Å². The number of benzene rings is 1. The summed E-state index contributed by atoms with van der Waals surface area (Å²) in [7, 11) is -3.83. The summed E-state index contributed by atoms with van der Waals surface area (Å²) in [5.41, 5.74) is 1.51. The van der Waals surface area contributed by atoms with Crippen molar-refractivity contribution in [3.63, 3.8) is 0 Å². The fourth-order valence-corrected chi connectivity index (χ4v) is 4.21. The van der Waals surface area contributed by atoms with Gasteiger partial charge in [0.1, 0.15) is 29.5 Å². The standard InChI is InChI=1S/C24H25F2N7O4S/c1-14(2)10-20(24(34)32-38(3,35)36)28-22-17(26)12-27-23(29-22)19-11-21(18-8-9-37-31-18)33(30-19)13-15-6-4-5-7-16(15)25/h4-9,11-12,14,20H,10,13H2,1-3H3,(H,32,34)(H,27,28,29). The van der Waals surface area contributed by atoms with Crippen molar-refractivity contribution in [2.45, 2.75) is 32.9 Å². The van der Waals surface area contributed by atoms with Crippen LogP contribution in [-0.2, 0) is 21.4 Å². The van der Waals surface area contributed by atoms with Gasteiger partial charge in [0.05, 0.1) is 24.7 Å². The molecule has 0 saturated carbocycles. The van der Waals surface area contributed by atoms with E-state index in [2.05, 4.69) is 25.5 Å². The van der Waals surface area contributed by atoms with E-state index in [0.717, 1.165) is 12.5 Å². The van der Waals surface area contributed by atoms with Gasteiger partial charge in [-0.15, -0.1) is 0 Å². The van der Waals surface area contributed by atoms with E-state index in [1.54, 1.807) is 30.3 Å². The van der Waals surface area contributed by atoms with Gasteiger partial charge >= 0.3 is 0 Å². The van der Waals surface area contributed by atoms with E-state index < -0.39 is 33.6 Å². The number of hydrogen-bond donors (Lipinski definition) is 2. The summed E-state index contributed by atoms with van der Waals surface area (Å²) < 4.78 is 60.5. The topological polar surface area (TPSA) is 145 Å². The molecule has 14 heteroatoms. The van der Waals surface area contributed by atoms with E-state index in [1.807, 2.05) is 18.6 Å². The molecular formula is C24H25F2N7O4S. The average molecular weight is 546 g/mol. The molecule has 1 aromatic carbocycles. The first-order valence-electron chi connectivity index (χ1n) is 11.5. The Morgan fingerprint density at radius 1 is 1.13 bits per heavy atom. The molecule has 0 aliphatic rings. The second-order valence-electron chi connectivity index (χ2n) is 9.00. The van der Waals surface area contributed by atoms with E-state index in [9.17, 15) is 22.0 Å². The molecule has 200 valence electrons. The summed E-state index contributed by atoms with van der Waals surface area (Å²) in [4.78, 5) is 20.8. The molecule has 0 saturated heterocycles. The maximum Gasteiger partial charge on any atom is 0.255 e. The number of hydrogen-bond acceptors (Lipinski definition) is 9. The van der Waals surface area contributed by atoms with Gasteiger partial charge < -0.3 is 9.84 Å². The highest BCUT2D eigenvalue weighted by Crippen LogP contribution is 2.26. The predicted octanol–water partition coefficient (Wildman–Crippen LogP) is 3.22. The first kappa shape index (κ1) is 26.9. The van der Waals surface area contributed by atoms with E-state index in [0.29, 0.717) is 17.0 Å². The third-order valence-electron chi connectivity index (χ3n) is 5.35. The van der Waals surface area contributed by atoms with E-state index >= 15 is 0 Å². The zero-order valence-corrected chi connectivity index (χ0v) is 21.5. The number of carbonyl (C=O) groups is 1. The minimum atomic E-state index is -3.83. The Morgan fingerprint density at radius 2 is 1.89 bits per heavy atom. The molecule has 2 N–H and O–H groups in total. The lowest BCUT2D eigenvalue weighted by atomic mass is 10.0. The van der Waals surface area contributed by atoms with Gasteiger partial charge in [-0.1, -0.05) is 37.2 Å². The van der Waals surface area contributed by atoms with Crippen molar-refractivity contribution in [3.05, 3.63) is 66.1 Å². The number of rotatable bonds is 10. The van der Waals surface area contributed by atoms with Crippen LogP contribution in [0.4, 0.5) is 14.6 Å². The van der Waals surface area contributed by atoms with Crippen LogP contribution < -0.4 is 10.0 Å². The quantitative estimate of drug-likeness (QED) is 0.307. The molecule has 0 radical (unpaired) electrons. The van der Waals surface area contributed by atoms with Crippen LogP contribution in [0.5, 0.6) is 0 Å². The van der Waals surface area contributed by atoms with Crippen molar-refractivity contribution in [2.75, 3.05) is 11.6 Å². The highest BCUT2D eigenvalue weighted by Gasteiger charge is 2.25. The van der Waals surface area contributed by atoms with Gasteiger partial charge in [-0.25, -0.2) is 27.2 Å². The van der Waals surface area contributed by atoms with Crippen LogP contribution in [0.25, 0.3) is 22.9 Å². The molecule has 0 aliphatic heterocycles. The number of nitrogens with zero attached hydrogens (tertiary/aromatic N) is 5. The average Bonchev–Trinajstić information content (AvgIpc) is 3.50. The fourth-order valence-electron chi connectivity index (χ4n) is 3.70. The molecule has 3 aromatic heterocycles. The highest BCUT2D eigenvalue weighted by atomic mass is 32.2. The van der Waals surface area contributed by atoms with Crippen LogP contribution in [0, 0.1) is 17.6 Å². The first-order chi connectivity index (χ1) is 18.0. The molecule has 1 atom stereocenters. The van der Waals surface area contributed by atoms with Crippen molar-refractivity contribution in [2.24, 2.45) is 5.92 Å². The lowest BCUT2D eigenvalue weighted by Gasteiger charge is -2.20. The largest absolute Gasteiger partial charge is 0.364 e. The van der Waals surface area contributed by atoms with Crippen LogP contribution >= 0.6 is 0 Å². The van der Waals surface area contributed by atoms with E-state index in [-0.39, 0.29) is 36.2 Å². The molecule has 3 heterocycles. The summed E-state index contributed by atoms with van der Waals surface area (Å²) in [5.74, 6) is -2.43. The maximum absolute atomic E-state index is 14.7. The Bertz CT molecular complexity index is 1540. The predicted molar refractivity (Wildman–Crippen MR) is 134 cm³/mol. The van der Waals surface area contributed by atoms with Gasteiger partial charge in [-0.2, -0.15) is 5.10 Å². The van der Waals surface area contributed by atoms with Gasteiger partial charge in [0.25, 0.3) is 5.91 Å². The number of halogens is 2. The molecule has 0 fully saturated rings. The Hall–Kier alpha value is -4.20. The normalized spacial score (nSPS) is 12.5. The second kappa shape index (κ2) is 11.0. The zero-order chi connectivity index (χ0) is 27.4. The lowest BCUT2D eigenvalue weighted by molar-refractivity contribution is -0.120.